The predicted molar refractivity (Wildman–Crippen MR) is 39.7 cm³/mol. The Balaban J connectivity index is 2.93. The fraction of sp³-hybridized carbons (Fsp3) is 0. The molecule has 0 saturated heterocycles. The summed E-state index contributed by atoms with van der Waals surface area (Å²) in [7, 11) is -3.66. The Labute approximate surface area is 64.9 Å². The van der Waals surface area contributed by atoms with Crippen LogP contribution in [0.2, 0.25) is 0 Å². The third-order valence-corrected chi connectivity index (χ3v) is 2.20. The molecule has 11 heavy (non-hydrogen) atoms. The molecule has 0 aromatic heterocycles. The fourth-order valence-corrected chi connectivity index (χ4v) is 1.22. The SMILES string of the molecule is OS(O)(OF)c1ccccc1. The lowest BCUT2D eigenvalue weighted by Crippen LogP contribution is -1.96. The van der Waals surface area contributed by atoms with Gasteiger partial charge in [-0.05, 0) is 16.7 Å². The first-order valence-corrected chi connectivity index (χ1v) is 4.27. The third-order valence-electron chi connectivity index (χ3n) is 1.14. The van der Waals surface area contributed by atoms with Gasteiger partial charge in [0, 0.05) is 0 Å². The van der Waals surface area contributed by atoms with Gasteiger partial charge in [0.1, 0.15) is 0 Å². The minimum atomic E-state index is -3.66. The van der Waals surface area contributed by atoms with Crippen LogP contribution in [0.3, 0.4) is 0 Å². The highest BCUT2D eigenvalue weighted by Crippen LogP contribution is 2.48. The van der Waals surface area contributed by atoms with Crippen LogP contribution in [0.1, 0.15) is 0 Å². The average molecular weight is 178 g/mol. The van der Waals surface area contributed by atoms with Crippen LogP contribution in [-0.4, -0.2) is 9.11 Å². The van der Waals surface area contributed by atoms with Crippen LogP contribution in [0.15, 0.2) is 35.2 Å². The number of rotatable bonds is 2. The smallest absolute Gasteiger partial charge is 0.151 e. The maximum absolute atomic E-state index is 11.5. The van der Waals surface area contributed by atoms with Gasteiger partial charge >= 0.3 is 0 Å². The minimum absolute atomic E-state index is 0.0301. The molecule has 2 N–H and O–H groups in total. The molecular formula is C6H7FO3S. The molecule has 0 fully saturated rings. The Hall–Kier alpha value is -0.620. The fourth-order valence-electron chi connectivity index (χ4n) is 0.634. The lowest BCUT2D eigenvalue weighted by molar-refractivity contribution is -0.0145. The van der Waals surface area contributed by atoms with Crippen molar-refractivity contribution in [1.82, 2.24) is 0 Å². The van der Waals surface area contributed by atoms with E-state index in [1.165, 1.54) is 12.1 Å². The second-order valence-corrected chi connectivity index (χ2v) is 3.46. The van der Waals surface area contributed by atoms with Crippen molar-refractivity contribution in [3.8, 4) is 0 Å². The van der Waals surface area contributed by atoms with Crippen LogP contribution in [0.4, 0.5) is 4.53 Å². The molecule has 62 valence electrons. The minimum Gasteiger partial charge on any atom is -0.302 e. The van der Waals surface area contributed by atoms with Crippen molar-refractivity contribution in [3.05, 3.63) is 30.3 Å². The molecule has 0 heterocycles. The second kappa shape index (κ2) is 3.19. The Morgan fingerprint density at radius 1 is 1.18 bits per heavy atom. The van der Waals surface area contributed by atoms with Crippen molar-refractivity contribution in [2.75, 3.05) is 0 Å². The highest BCUT2D eigenvalue weighted by molar-refractivity contribution is 8.20. The van der Waals surface area contributed by atoms with Gasteiger partial charge in [0.05, 0.1) is 4.90 Å². The summed E-state index contributed by atoms with van der Waals surface area (Å²) in [6.45, 7) is 0. The Bertz CT molecular complexity index is 227. The second-order valence-electron chi connectivity index (χ2n) is 1.87. The summed E-state index contributed by atoms with van der Waals surface area (Å²) in [5.41, 5.74) is 0. The molecule has 3 nitrogen and oxygen atoms in total. The molecule has 0 unspecified atom stereocenters. The van der Waals surface area contributed by atoms with E-state index in [4.69, 9.17) is 9.11 Å². The summed E-state index contributed by atoms with van der Waals surface area (Å²) in [6.07, 6.45) is 0. The topological polar surface area (TPSA) is 49.7 Å². The Kier molecular flexibility index (Phi) is 2.45. The molecule has 0 spiro atoms. The van der Waals surface area contributed by atoms with E-state index in [0.29, 0.717) is 0 Å². The first kappa shape index (κ1) is 8.48. The lowest BCUT2D eigenvalue weighted by Gasteiger charge is -2.19. The van der Waals surface area contributed by atoms with Crippen LogP contribution in [0, 0.1) is 0 Å². The maximum atomic E-state index is 11.5. The largest absolute Gasteiger partial charge is 0.302 e. The van der Waals surface area contributed by atoms with Gasteiger partial charge in [-0.3, -0.25) is 0 Å². The molecule has 0 amide bonds. The number of hydrogen-bond acceptors (Lipinski definition) is 3. The van der Waals surface area contributed by atoms with E-state index in [1.807, 2.05) is 0 Å². The molecule has 1 aromatic rings. The van der Waals surface area contributed by atoms with Crippen LogP contribution in [0.5, 0.6) is 0 Å². The molecule has 0 bridgehead atoms. The summed E-state index contributed by atoms with van der Waals surface area (Å²) in [5.74, 6) is 0. The van der Waals surface area contributed by atoms with Gasteiger partial charge in [-0.1, -0.05) is 22.6 Å². The standard InChI is InChI=1S/C6H7FO3S/c7-10-11(8,9)6-4-2-1-3-5-6/h1-5,8-9H. The van der Waals surface area contributed by atoms with Crippen LogP contribution >= 0.6 is 10.9 Å². The summed E-state index contributed by atoms with van der Waals surface area (Å²) < 4.78 is 32.2. The van der Waals surface area contributed by atoms with Gasteiger partial charge in [0.15, 0.2) is 10.9 Å². The lowest BCUT2D eigenvalue weighted by atomic mass is 10.4. The van der Waals surface area contributed by atoms with Crippen LogP contribution in [0.25, 0.3) is 0 Å². The third kappa shape index (κ3) is 1.90. The van der Waals surface area contributed by atoms with E-state index in [1.54, 1.807) is 18.2 Å². The molecule has 0 aliphatic carbocycles. The van der Waals surface area contributed by atoms with Crippen molar-refractivity contribution in [2.45, 2.75) is 4.90 Å². The van der Waals surface area contributed by atoms with E-state index < -0.39 is 10.9 Å². The summed E-state index contributed by atoms with van der Waals surface area (Å²) in [6, 6.07) is 7.53. The molecule has 0 aliphatic heterocycles. The molecule has 0 saturated carbocycles. The maximum Gasteiger partial charge on any atom is 0.151 e. The normalized spacial score (nSPS) is 13.0. The van der Waals surface area contributed by atoms with Gasteiger partial charge < -0.3 is 9.11 Å². The molecular weight excluding hydrogens is 171 g/mol. The predicted octanol–water partition coefficient (Wildman–Crippen LogP) is 2.61. The zero-order chi connectivity index (χ0) is 8.32. The first-order chi connectivity index (χ1) is 5.17. The first-order valence-electron chi connectivity index (χ1n) is 2.80. The Morgan fingerprint density at radius 2 is 1.73 bits per heavy atom. The van der Waals surface area contributed by atoms with E-state index in [-0.39, 0.29) is 4.90 Å². The van der Waals surface area contributed by atoms with Gasteiger partial charge in [-0.25, -0.2) is 0 Å². The zero-order valence-corrected chi connectivity index (χ0v) is 6.29. The van der Waals surface area contributed by atoms with Crippen molar-refractivity contribution < 1.29 is 18.0 Å². The summed E-state index contributed by atoms with van der Waals surface area (Å²) in [5, 5.41) is 0. The molecule has 0 atom stereocenters. The average Bonchev–Trinajstić information content (AvgIpc) is 2.06. The van der Waals surface area contributed by atoms with Crippen LogP contribution in [-0.2, 0) is 4.39 Å². The monoisotopic (exact) mass is 178 g/mol. The van der Waals surface area contributed by atoms with E-state index in [0.717, 1.165) is 0 Å². The molecule has 1 rings (SSSR count). The Morgan fingerprint density at radius 3 is 2.18 bits per heavy atom. The van der Waals surface area contributed by atoms with Gasteiger partial charge in [-0.2, -0.15) is 0 Å². The van der Waals surface area contributed by atoms with Crippen LogP contribution < -0.4 is 0 Å². The van der Waals surface area contributed by atoms with E-state index in [9.17, 15) is 4.53 Å². The van der Waals surface area contributed by atoms with Crippen molar-refractivity contribution in [3.63, 3.8) is 0 Å². The zero-order valence-electron chi connectivity index (χ0n) is 5.48. The molecule has 0 radical (unpaired) electrons. The number of halogens is 1. The quantitative estimate of drug-likeness (QED) is 0.731. The highest BCUT2D eigenvalue weighted by atomic mass is 32.3. The number of hydrogen-bond donors (Lipinski definition) is 2. The molecule has 0 aliphatic rings. The molecule has 1 aromatic carbocycles. The van der Waals surface area contributed by atoms with Gasteiger partial charge in [0.25, 0.3) is 0 Å². The van der Waals surface area contributed by atoms with E-state index in [2.05, 4.69) is 4.39 Å². The summed E-state index contributed by atoms with van der Waals surface area (Å²) >= 11 is 0. The number of benzene rings is 1. The van der Waals surface area contributed by atoms with Gasteiger partial charge in [-0.15, -0.1) is 0 Å². The summed E-state index contributed by atoms with van der Waals surface area (Å²) in [4.78, 5) is 0.0301. The van der Waals surface area contributed by atoms with Crippen molar-refractivity contribution in [1.29, 1.82) is 0 Å². The molecule has 5 heteroatoms. The highest BCUT2D eigenvalue weighted by Gasteiger charge is 2.21. The van der Waals surface area contributed by atoms with Crippen molar-refractivity contribution in [2.24, 2.45) is 0 Å². The van der Waals surface area contributed by atoms with Crippen molar-refractivity contribution >= 4 is 10.9 Å². The van der Waals surface area contributed by atoms with Gasteiger partial charge in [0.2, 0.25) is 0 Å². The van der Waals surface area contributed by atoms with E-state index >= 15 is 0 Å².